The van der Waals surface area contributed by atoms with Gasteiger partial charge >= 0.3 is 0 Å². The molecule has 3 rings (SSSR count). The highest BCUT2D eigenvalue weighted by molar-refractivity contribution is 7.89. The largest absolute Gasteiger partial charge is 0.355 e. The Labute approximate surface area is 143 Å². The SMILES string of the molecule is Cc1ccc(S(=O)(=O)N2CCN(CCNC(=O)C3CC3)CC2)cc1. The van der Waals surface area contributed by atoms with Crippen molar-refractivity contribution in [2.45, 2.75) is 24.7 Å². The molecule has 24 heavy (non-hydrogen) atoms. The predicted octanol–water partition coefficient (Wildman–Crippen LogP) is 0.828. The number of nitrogens with zero attached hydrogens (tertiary/aromatic N) is 2. The van der Waals surface area contributed by atoms with Crippen LogP contribution < -0.4 is 5.32 Å². The monoisotopic (exact) mass is 351 g/mol. The number of piperazine rings is 1. The van der Waals surface area contributed by atoms with E-state index >= 15 is 0 Å². The molecule has 0 unspecified atom stereocenters. The van der Waals surface area contributed by atoms with Crippen LogP contribution in [0.5, 0.6) is 0 Å². The summed E-state index contributed by atoms with van der Waals surface area (Å²) in [4.78, 5) is 14.2. The summed E-state index contributed by atoms with van der Waals surface area (Å²) in [5.41, 5.74) is 1.05. The van der Waals surface area contributed by atoms with Gasteiger partial charge in [-0.15, -0.1) is 0 Å². The fourth-order valence-corrected chi connectivity index (χ4v) is 4.30. The van der Waals surface area contributed by atoms with Crippen molar-refractivity contribution < 1.29 is 13.2 Å². The van der Waals surface area contributed by atoms with Gasteiger partial charge in [0.1, 0.15) is 0 Å². The number of carbonyl (C=O) groups is 1. The standard InChI is InChI=1S/C17H25N3O3S/c1-14-2-6-16(7-3-14)24(22,23)20-12-10-19(11-13-20)9-8-18-17(21)15-4-5-15/h2-3,6-7,15H,4-5,8-13H2,1H3,(H,18,21). The van der Waals surface area contributed by atoms with Gasteiger partial charge in [0, 0.05) is 45.2 Å². The van der Waals surface area contributed by atoms with Gasteiger partial charge in [0.15, 0.2) is 0 Å². The molecule has 0 bridgehead atoms. The summed E-state index contributed by atoms with van der Waals surface area (Å²) in [6.45, 7) is 5.74. The number of carbonyl (C=O) groups excluding carboxylic acids is 1. The van der Waals surface area contributed by atoms with Crippen molar-refractivity contribution in [1.29, 1.82) is 0 Å². The molecule has 1 heterocycles. The van der Waals surface area contributed by atoms with Gasteiger partial charge in [-0.25, -0.2) is 8.42 Å². The Morgan fingerprint density at radius 3 is 2.33 bits per heavy atom. The van der Waals surface area contributed by atoms with Crippen LogP contribution in [-0.4, -0.2) is 62.8 Å². The fraction of sp³-hybridized carbons (Fsp3) is 0.588. The summed E-state index contributed by atoms with van der Waals surface area (Å²) < 4.78 is 26.8. The van der Waals surface area contributed by atoms with Crippen molar-refractivity contribution in [3.63, 3.8) is 0 Å². The van der Waals surface area contributed by atoms with Crippen molar-refractivity contribution in [2.24, 2.45) is 5.92 Å². The van der Waals surface area contributed by atoms with E-state index in [-0.39, 0.29) is 11.8 Å². The smallest absolute Gasteiger partial charge is 0.243 e. The Kier molecular flexibility index (Phi) is 5.22. The van der Waals surface area contributed by atoms with Crippen LogP contribution in [0.15, 0.2) is 29.2 Å². The molecule has 1 N–H and O–H groups in total. The first kappa shape index (κ1) is 17.4. The summed E-state index contributed by atoms with van der Waals surface area (Å²) in [5, 5.41) is 2.95. The van der Waals surface area contributed by atoms with E-state index in [1.165, 1.54) is 0 Å². The van der Waals surface area contributed by atoms with Crippen LogP contribution in [0, 0.1) is 12.8 Å². The molecule has 1 saturated carbocycles. The lowest BCUT2D eigenvalue weighted by atomic mass is 10.2. The van der Waals surface area contributed by atoms with E-state index in [2.05, 4.69) is 10.2 Å². The summed E-state index contributed by atoms with van der Waals surface area (Å²) in [6.07, 6.45) is 2.03. The topological polar surface area (TPSA) is 69.7 Å². The molecule has 1 aromatic carbocycles. The normalized spacial score (nSPS) is 20.0. The second kappa shape index (κ2) is 7.21. The van der Waals surface area contributed by atoms with E-state index < -0.39 is 10.0 Å². The molecular formula is C17H25N3O3S. The highest BCUT2D eigenvalue weighted by atomic mass is 32.2. The van der Waals surface area contributed by atoms with Gasteiger partial charge in [-0.05, 0) is 31.9 Å². The lowest BCUT2D eigenvalue weighted by Gasteiger charge is -2.34. The maximum Gasteiger partial charge on any atom is 0.243 e. The number of amides is 1. The predicted molar refractivity (Wildman–Crippen MR) is 92.1 cm³/mol. The van der Waals surface area contributed by atoms with E-state index in [1.54, 1.807) is 16.4 Å². The van der Waals surface area contributed by atoms with Crippen molar-refractivity contribution in [3.05, 3.63) is 29.8 Å². The zero-order valence-corrected chi connectivity index (χ0v) is 14.9. The van der Waals surface area contributed by atoms with Crippen LogP contribution in [0.2, 0.25) is 0 Å². The number of aryl methyl sites for hydroxylation is 1. The highest BCUT2D eigenvalue weighted by Crippen LogP contribution is 2.28. The van der Waals surface area contributed by atoms with Gasteiger partial charge < -0.3 is 5.32 Å². The van der Waals surface area contributed by atoms with E-state index in [9.17, 15) is 13.2 Å². The molecular weight excluding hydrogens is 326 g/mol. The van der Waals surface area contributed by atoms with Gasteiger partial charge in [0.25, 0.3) is 0 Å². The molecule has 1 amide bonds. The Morgan fingerprint density at radius 2 is 1.75 bits per heavy atom. The minimum absolute atomic E-state index is 0.163. The molecule has 1 aliphatic carbocycles. The maximum atomic E-state index is 12.6. The minimum Gasteiger partial charge on any atom is -0.355 e. The molecule has 0 spiro atoms. The quantitative estimate of drug-likeness (QED) is 0.824. The van der Waals surface area contributed by atoms with E-state index in [1.807, 2.05) is 19.1 Å². The first-order valence-electron chi connectivity index (χ1n) is 8.54. The lowest BCUT2D eigenvalue weighted by Crippen LogP contribution is -2.50. The molecule has 1 aromatic rings. The second-order valence-corrected chi connectivity index (χ2v) is 8.56. The Balaban J connectivity index is 1.47. The third-order valence-corrected chi connectivity index (χ3v) is 6.58. The van der Waals surface area contributed by atoms with E-state index in [0.29, 0.717) is 37.6 Å². The molecule has 132 valence electrons. The fourth-order valence-electron chi connectivity index (χ4n) is 2.88. The zero-order chi connectivity index (χ0) is 17.2. The van der Waals surface area contributed by atoms with E-state index in [0.717, 1.165) is 24.9 Å². The van der Waals surface area contributed by atoms with Crippen LogP contribution in [-0.2, 0) is 14.8 Å². The first-order chi connectivity index (χ1) is 11.5. The summed E-state index contributed by atoms with van der Waals surface area (Å²) in [6, 6.07) is 6.99. The Bertz CT molecular complexity index is 676. The van der Waals surface area contributed by atoms with Crippen LogP contribution in [0.4, 0.5) is 0 Å². The van der Waals surface area contributed by atoms with Gasteiger partial charge in [-0.2, -0.15) is 4.31 Å². The lowest BCUT2D eigenvalue weighted by molar-refractivity contribution is -0.122. The van der Waals surface area contributed by atoms with Gasteiger partial charge in [0.2, 0.25) is 15.9 Å². The summed E-state index contributed by atoms with van der Waals surface area (Å²) >= 11 is 0. The molecule has 0 atom stereocenters. The maximum absolute atomic E-state index is 12.6. The molecule has 7 heteroatoms. The zero-order valence-electron chi connectivity index (χ0n) is 14.1. The second-order valence-electron chi connectivity index (χ2n) is 6.62. The van der Waals surface area contributed by atoms with Crippen LogP contribution in [0.1, 0.15) is 18.4 Å². The number of hydrogen-bond donors (Lipinski definition) is 1. The van der Waals surface area contributed by atoms with Gasteiger partial charge in [-0.3, -0.25) is 9.69 Å². The molecule has 2 fully saturated rings. The number of benzene rings is 1. The average molecular weight is 351 g/mol. The van der Waals surface area contributed by atoms with Crippen molar-refractivity contribution in [2.75, 3.05) is 39.3 Å². The molecule has 0 aromatic heterocycles. The number of hydrogen-bond acceptors (Lipinski definition) is 4. The average Bonchev–Trinajstić information content (AvgIpc) is 3.41. The number of sulfonamides is 1. The summed E-state index contributed by atoms with van der Waals surface area (Å²) in [5.74, 6) is 0.400. The van der Waals surface area contributed by atoms with Crippen LogP contribution in [0.3, 0.4) is 0 Å². The molecule has 1 saturated heterocycles. The minimum atomic E-state index is -3.40. The van der Waals surface area contributed by atoms with Gasteiger partial charge in [0.05, 0.1) is 4.90 Å². The first-order valence-corrected chi connectivity index (χ1v) is 9.98. The summed E-state index contributed by atoms with van der Waals surface area (Å²) in [7, 11) is -3.40. The van der Waals surface area contributed by atoms with E-state index in [4.69, 9.17) is 0 Å². The number of nitrogens with one attached hydrogen (secondary N) is 1. The molecule has 6 nitrogen and oxygen atoms in total. The van der Waals surface area contributed by atoms with Gasteiger partial charge in [-0.1, -0.05) is 17.7 Å². The Morgan fingerprint density at radius 1 is 1.12 bits per heavy atom. The molecule has 0 radical (unpaired) electrons. The third-order valence-electron chi connectivity index (χ3n) is 4.67. The highest BCUT2D eigenvalue weighted by Gasteiger charge is 2.30. The molecule has 1 aliphatic heterocycles. The van der Waals surface area contributed by atoms with Crippen LogP contribution in [0.25, 0.3) is 0 Å². The molecule has 2 aliphatic rings. The van der Waals surface area contributed by atoms with Crippen molar-refractivity contribution >= 4 is 15.9 Å². The third kappa shape index (κ3) is 4.15. The van der Waals surface area contributed by atoms with Crippen molar-refractivity contribution in [1.82, 2.24) is 14.5 Å². The number of rotatable bonds is 6. The van der Waals surface area contributed by atoms with Crippen LogP contribution >= 0.6 is 0 Å². The Hall–Kier alpha value is -1.44. The van der Waals surface area contributed by atoms with Crippen molar-refractivity contribution in [3.8, 4) is 0 Å².